The van der Waals surface area contributed by atoms with Crippen LogP contribution in [0.4, 0.5) is 16.0 Å². The highest BCUT2D eigenvalue weighted by molar-refractivity contribution is 6.05. The van der Waals surface area contributed by atoms with Crippen LogP contribution in [0.15, 0.2) is 78.9 Å². The lowest BCUT2D eigenvalue weighted by Gasteiger charge is -2.16. The average Bonchev–Trinajstić information content (AvgIpc) is 3.27. The number of imidazole rings is 1. The molecule has 5 rings (SSSR count). The maximum absolute atomic E-state index is 13.9. The molecule has 0 radical (unpaired) electrons. The van der Waals surface area contributed by atoms with Crippen LogP contribution in [0.3, 0.4) is 0 Å². The molecule has 0 bridgehead atoms. The maximum Gasteiger partial charge on any atom is 0.253 e. The van der Waals surface area contributed by atoms with Crippen molar-refractivity contribution in [2.45, 2.75) is 19.0 Å². The summed E-state index contributed by atoms with van der Waals surface area (Å²) in [7, 11) is 0. The summed E-state index contributed by atoms with van der Waals surface area (Å²) < 4.78 is 15.7. The molecule has 31 heavy (non-hydrogen) atoms. The molecule has 3 aromatic carbocycles. The van der Waals surface area contributed by atoms with Gasteiger partial charge in [-0.2, -0.15) is 0 Å². The van der Waals surface area contributed by atoms with Gasteiger partial charge in [0, 0.05) is 0 Å². The predicted octanol–water partition coefficient (Wildman–Crippen LogP) is 4.29. The van der Waals surface area contributed by atoms with Crippen molar-refractivity contribution in [1.29, 1.82) is 0 Å². The van der Waals surface area contributed by atoms with E-state index in [9.17, 15) is 14.0 Å². The molecule has 0 unspecified atom stereocenters. The number of carbonyl (C=O) groups excluding carboxylic acids is 2. The minimum absolute atomic E-state index is 0.0924. The van der Waals surface area contributed by atoms with Crippen LogP contribution in [0, 0.1) is 5.82 Å². The van der Waals surface area contributed by atoms with Gasteiger partial charge in [-0.3, -0.25) is 19.1 Å². The van der Waals surface area contributed by atoms with Crippen LogP contribution >= 0.6 is 0 Å². The van der Waals surface area contributed by atoms with Gasteiger partial charge >= 0.3 is 0 Å². The lowest BCUT2D eigenvalue weighted by Crippen LogP contribution is -2.31. The van der Waals surface area contributed by atoms with Gasteiger partial charge in [0.25, 0.3) is 5.91 Å². The highest BCUT2D eigenvalue weighted by atomic mass is 19.1. The third-order valence-corrected chi connectivity index (χ3v) is 5.39. The molecule has 0 aliphatic carbocycles. The number of amides is 2. The van der Waals surface area contributed by atoms with E-state index in [1.54, 1.807) is 17.0 Å². The van der Waals surface area contributed by atoms with Crippen molar-refractivity contribution in [1.82, 2.24) is 9.55 Å². The van der Waals surface area contributed by atoms with E-state index in [-0.39, 0.29) is 18.0 Å². The first-order valence-corrected chi connectivity index (χ1v) is 9.98. The zero-order valence-corrected chi connectivity index (χ0v) is 16.5. The third-order valence-electron chi connectivity index (χ3n) is 5.39. The molecule has 1 aliphatic rings. The number of para-hydroxylation sites is 3. The molecule has 1 atom stereocenters. The Kier molecular flexibility index (Phi) is 4.71. The molecule has 1 N–H and O–H groups in total. The van der Waals surface area contributed by atoms with Crippen molar-refractivity contribution in [2.24, 2.45) is 0 Å². The summed E-state index contributed by atoms with van der Waals surface area (Å²) in [6, 6.07) is 22.4. The largest absolute Gasteiger partial charge is 0.324 e. The van der Waals surface area contributed by atoms with Crippen LogP contribution in [0.25, 0.3) is 11.0 Å². The van der Waals surface area contributed by atoms with Crippen molar-refractivity contribution < 1.29 is 14.0 Å². The first-order valence-electron chi connectivity index (χ1n) is 9.98. The fourth-order valence-electron chi connectivity index (χ4n) is 3.95. The first kappa shape index (κ1) is 19.0. The van der Waals surface area contributed by atoms with Gasteiger partial charge in [0.2, 0.25) is 11.9 Å². The molecule has 1 aliphatic heterocycles. The Labute approximate surface area is 177 Å². The van der Waals surface area contributed by atoms with E-state index in [1.807, 2.05) is 59.2 Å². The number of nitrogens with one attached hydrogen (secondary N) is 1. The molecular formula is C24H19FN4O2. The molecule has 4 aromatic rings. The van der Waals surface area contributed by atoms with Gasteiger partial charge in [0.15, 0.2) is 0 Å². The van der Waals surface area contributed by atoms with Crippen LogP contribution in [-0.2, 0) is 16.1 Å². The van der Waals surface area contributed by atoms with E-state index in [4.69, 9.17) is 0 Å². The second kappa shape index (κ2) is 7.68. The van der Waals surface area contributed by atoms with Gasteiger partial charge in [-0.05, 0) is 29.8 Å². The van der Waals surface area contributed by atoms with E-state index in [0.29, 0.717) is 12.5 Å². The van der Waals surface area contributed by atoms with E-state index in [1.165, 1.54) is 12.1 Å². The van der Waals surface area contributed by atoms with Gasteiger partial charge in [0.05, 0.1) is 29.7 Å². The topological polar surface area (TPSA) is 67.2 Å². The normalized spacial score (nSPS) is 15.3. The molecule has 1 aromatic heterocycles. The Morgan fingerprint density at radius 2 is 1.68 bits per heavy atom. The number of hydrogen-bond acceptors (Lipinski definition) is 3. The molecular weight excluding hydrogens is 395 g/mol. The number of fused-ring (bicyclic) bond motifs is 3. The van der Waals surface area contributed by atoms with Crippen LogP contribution in [0.5, 0.6) is 0 Å². The Hall–Kier alpha value is -4.00. The van der Waals surface area contributed by atoms with Crippen LogP contribution in [-0.4, -0.2) is 21.4 Å². The summed E-state index contributed by atoms with van der Waals surface area (Å²) in [5.41, 5.74) is 2.59. The number of aromatic nitrogens is 2. The third kappa shape index (κ3) is 3.44. The van der Waals surface area contributed by atoms with E-state index in [0.717, 1.165) is 16.6 Å². The summed E-state index contributed by atoms with van der Waals surface area (Å²) in [6.45, 7) is 0.356. The second-order valence-corrected chi connectivity index (χ2v) is 7.43. The van der Waals surface area contributed by atoms with Gasteiger partial charge in [-0.25, -0.2) is 9.37 Å². The number of rotatable bonds is 5. The summed E-state index contributed by atoms with van der Waals surface area (Å²) in [6.07, 6.45) is -0.119. The SMILES string of the molecule is O=C(C[C@@H]1C(=O)N(Cc2ccccc2)c2nc3ccccc3n21)Nc1ccccc1F. The smallest absolute Gasteiger partial charge is 0.253 e. The van der Waals surface area contributed by atoms with Crippen molar-refractivity contribution in [3.05, 3.63) is 90.2 Å². The standard InChI is InChI=1S/C24H19FN4O2/c25-17-10-4-5-11-18(17)26-22(30)14-21-23(31)28(15-16-8-2-1-3-9-16)24-27-19-12-6-7-13-20(19)29(21)24/h1-13,21H,14-15H2,(H,26,30)/t21-/m1/s1. The van der Waals surface area contributed by atoms with Crippen molar-refractivity contribution in [3.8, 4) is 0 Å². The van der Waals surface area contributed by atoms with Gasteiger partial charge in [-0.15, -0.1) is 0 Å². The van der Waals surface area contributed by atoms with E-state index >= 15 is 0 Å². The molecule has 0 fully saturated rings. The van der Waals surface area contributed by atoms with E-state index in [2.05, 4.69) is 10.3 Å². The zero-order chi connectivity index (χ0) is 21.4. The van der Waals surface area contributed by atoms with Crippen LogP contribution in [0.1, 0.15) is 18.0 Å². The Bertz CT molecular complexity index is 1290. The lowest BCUT2D eigenvalue weighted by atomic mass is 10.1. The van der Waals surface area contributed by atoms with Crippen molar-refractivity contribution in [3.63, 3.8) is 0 Å². The highest BCUT2D eigenvalue weighted by Crippen LogP contribution is 2.37. The molecule has 6 nitrogen and oxygen atoms in total. The predicted molar refractivity (Wildman–Crippen MR) is 116 cm³/mol. The monoisotopic (exact) mass is 414 g/mol. The van der Waals surface area contributed by atoms with Gasteiger partial charge in [0.1, 0.15) is 11.9 Å². The zero-order valence-electron chi connectivity index (χ0n) is 16.5. The second-order valence-electron chi connectivity index (χ2n) is 7.43. The Morgan fingerprint density at radius 3 is 2.48 bits per heavy atom. The van der Waals surface area contributed by atoms with Crippen LogP contribution in [0.2, 0.25) is 0 Å². The molecule has 0 spiro atoms. The summed E-state index contributed by atoms with van der Waals surface area (Å²) >= 11 is 0. The van der Waals surface area contributed by atoms with E-state index < -0.39 is 17.8 Å². The van der Waals surface area contributed by atoms with Gasteiger partial charge < -0.3 is 5.32 Å². The molecule has 0 saturated heterocycles. The van der Waals surface area contributed by atoms with Crippen molar-refractivity contribution in [2.75, 3.05) is 10.2 Å². The molecule has 154 valence electrons. The number of hydrogen-bond donors (Lipinski definition) is 1. The average molecular weight is 414 g/mol. The fraction of sp³-hybridized carbons (Fsp3) is 0.125. The Morgan fingerprint density at radius 1 is 0.968 bits per heavy atom. The quantitative estimate of drug-likeness (QED) is 0.530. The summed E-state index contributed by atoms with van der Waals surface area (Å²) in [5.74, 6) is -0.652. The van der Waals surface area contributed by atoms with Crippen molar-refractivity contribution >= 4 is 34.5 Å². The van der Waals surface area contributed by atoms with Crippen LogP contribution < -0.4 is 10.2 Å². The maximum atomic E-state index is 13.9. The number of halogens is 1. The summed E-state index contributed by atoms with van der Waals surface area (Å²) in [4.78, 5) is 32.3. The molecule has 0 saturated carbocycles. The molecule has 2 heterocycles. The fourth-order valence-corrected chi connectivity index (χ4v) is 3.95. The number of carbonyl (C=O) groups is 2. The minimum atomic E-state index is -0.752. The Balaban J connectivity index is 1.48. The lowest BCUT2D eigenvalue weighted by molar-refractivity contribution is -0.124. The summed E-state index contributed by atoms with van der Waals surface area (Å²) in [5, 5.41) is 2.57. The van der Waals surface area contributed by atoms with Gasteiger partial charge in [-0.1, -0.05) is 54.6 Å². The number of anilines is 2. The number of nitrogens with zero attached hydrogens (tertiary/aromatic N) is 3. The molecule has 2 amide bonds. The first-order chi connectivity index (χ1) is 15.1. The molecule has 7 heteroatoms. The highest BCUT2D eigenvalue weighted by Gasteiger charge is 2.40. The minimum Gasteiger partial charge on any atom is -0.324 e. The number of benzene rings is 3.